The first kappa shape index (κ1) is 18.8. The zero-order valence-electron chi connectivity index (χ0n) is 16.4. The summed E-state index contributed by atoms with van der Waals surface area (Å²) in [6.45, 7) is 6.58. The molecule has 2 aromatic rings. The molecule has 1 aromatic heterocycles. The summed E-state index contributed by atoms with van der Waals surface area (Å²) in [5, 5.41) is 4.93. The van der Waals surface area contributed by atoms with Crippen LogP contribution in [0.1, 0.15) is 23.2 Å². The summed E-state index contributed by atoms with van der Waals surface area (Å²) in [5.74, 6) is 1.31. The average molecular weight is 415 g/mol. The lowest BCUT2D eigenvalue weighted by Gasteiger charge is -2.44. The van der Waals surface area contributed by atoms with E-state index in [0.29, 0.717) is 22.4 Å². The fraction of sp³-hybridized carbons (Fsp3) is 0.524. The van der Waals surface area contributed by atoms with Crippen molar-refractivity contribution < 1.29 is 14.3 Å². The summed E-state index contributed by atoms with van der Waals surface area (Å²) in [6.07, 6.45) is 4.23. The highest BCUT2D eigenvalue weighted by Gasteiger charge is 2.34. The van der Waals surface area contributed by atoms with Gasteiger partial charge in [0.2, 0.25) is 0 Å². The first-order valence-corrected chi connectivity index (χ1v) is 11.2. The standard InChI is InChI=1S/C21H26N4O3S/c26-20(23-18-14-24-7-5-15(18)6-8-24)16-1-3-17(4-2-16)28-21-22-13-19(29-21)25-9-11-27-12-10-25/h1-4,13,15,18H,5-12,14H2,(H,23,26)/t18-/m0/s1. The summed E-state index contributed by atoms with van der Waals surface area (Å²) in [7, 11) is 0. The van der Waals surface area contributed by atoms with E-state index in [1.807, 2.05) is 30.5 Å². The minimum Gasteiger partial charge on any atom is -0.431 e. The van der Waals surface area contributed by atoms with Crippen molar-refractivity contribution in [3.8, 4) is 10.9 Å². The van der Waals surface area contributed by atoms with E-state index in [-0.39, 0.29) is 11.9 Å². The summed E-state index contributed by atoms with van der Waals surface area (Å²) >= 11 is 1.53. The van der Waals surface area contributed by atoms with Crippen molar-refractivity contribution in [1.29, 1.82) is 0 Å². The molecule has 4 aliphatic rings. The number of aromatic nitrogens is 1. The van der Waals surface area contributed by atoms with E-state index in [1.54, 1.807) is 0 Å². The van der Waals surface area contributed by atoms with Gasteiger partial charge in [0, 0.05) is 31.2 Å². The average Bonchev–Trinajstić information content (AvgIpc) is 3.24. The van der Waals surface area contributed by atoms with Crippen LogP contribution in [0, 0.1) is 5.92 Å². The number of rotatable bonds is 5. The first-order chi connectivity index (χ1) is 14.2. The third-order valence-corrected chi connectivity index (χ3v) is 7.03. The number of hydrogen-bond donors (Lipinski definition) is 1. The van der Waals surface area contributed by atoms with Crippen LogP contribution in [-0.2, 0) is 4.74 Å². The molecule has 1 atom stereocenters. The fourth-order valence-electron chi connectivity index (χ4n) is 4.38. The highest BCUT2D eigenvalue weighted by molar-refractivity contribution is 7.17. The molecule has 0 unspecified atom stereocenters. The third-order valence-electron chi connectivity index (χ3n) is 6.09. The molecule has 4 fully saturated rings. The number of hydrogen-bond acceptors (Lipinski definition) is 7. The molecule has 6 rings (SSSR count). The molecule has 154 valence electrons. The third kappa shape index (κ3) is 4.24. The Hall–Kier alpha value is -2.16. The van der Waals surface area contributed by atoms with Gasteiger partial charge in [0.1, 0.15) is 10.8 Å². The smallest absolute Gasteiger partial charge is 0.280 e. The Morgan fingerprint density at radius 2 is 1.90 bits per heavy atom. The molecular weight excluding hydrogens is 388 g/mol. The summed E-state index contributed by atoms with van der Waals surface area (Å²) in [4.78, 5) is 21.7. The van der Waals surface area contributed by atoms with E-state index in [4.69, 9.17) is 9.47 Å². The number of nitrogens with one attached hydrogen (secondary N) is 1. The molecule has 5 heterocycles. The quantitative estimate of drug-likeness (QED) is 0.811. The van der Waals surface area contributed by atoms with Gasteiger partial charge in [0.05, 0.1) is 19.4 Å². The number of benzene rings is 1. The van der Waals surface area contributed by atoms with E-state index in [1.165, 1.54) is 37.3 Å². The van der Waals surface area contributed by atoms with Crippen LogP contribution in [0.15, 0.2) is 30.5 Å². The number of piperidine rings is 3. The topological polar surface area (TPSA) is 66.9 Å². The molecule has 4 aliphatic heterocycles. The SMILES string of the molecule is O=C(N[C@H]1CN2CCC1CC2)c1ccc(Oc2ncc(N3CCOCC3)s2)cc1. The van der Waals surface area contributed by atoms with E-state index in [9.17, 15) is 4.79 Å². The zero-order chi connectivity index (χ0) is 19.6. The summed E-state index contributed by atoms with van der Waals surface area (Å²) < 4.78 is 11.3. The van der Waals surface area contributed by atoms with Crippen LogP contribution in [0.3, 0.4) is 0 Å². The van der Waals surface area contributed by atoms with E-state index in [2.05, 4.69) is 20.1 Å². The van der Waals surface area contributed by atoms with Crippen molar-refractivity contribution >= 4 is 22.2 Å². The van der Waals surface area contributed by atoms with Crippen LogP contribution in [-0.4, -0.2) is 67.8 Å². The van der Waals surface area contributed by atoms with Crippen molar-refractivity contribution in [3.63, 3.8) is 0 Å². The molecule has 0 aliphatic carbocycles. The predicted octanol–water partition coefficient (Wildman–Crippen LogP) is 2.60. The number of thiazole rings is 1. The summed E-state index contributed by atoms with van der Waals surface area (Å²) in [5.41, 5.74) is 0.668. The van der Waals surface area contributed by atoms with Gasteiger partial charge >= 0.3 is 0 Å². The first-order valence-electron chi connectivity index (χ1n) is 10.3. The maximum Gasteiger partial charge on any atom is 0.280 e. The van der Waals surface area contributed by atoms with E-state index < -0.39 is 0 Å². The minimum atomic E-state index is -0.000785. The van der Waals surface area contributed by atoms with Crippen LogP contribution in [0.4, 0.5) is 5.00 Å². The van der Waals surface area contributed by atoms with Crippen LogP contribution in [0.5, 0.6) is 10.9 Å². The molecule has 8 heteroatoms. The molecule has 7 nitrogen and oxygen atoms in total. The predicted molar refractivity (Wildman–Crippen MR) is 112 cm³/mol. The maximum absolute atomic E-state index is 12.6. The largest absolute Gasteiger partial charge is 0.431 e. The molecule has 0 spiro atoms. The van der Waals surface area contributed by atoms with Crippen molar-refractivity contribution in [2.45, 2.75) is 18.9 Å². The highest BCUT2D eigenvalue weighted by atomic mass is 32.1. The van der Waals surface area contributed by atoms with Gasteiger partial charge in [-0.15, -0.1) is 0 Å². The van der Waals surface area contributed by atoms with E-state index >= 15 is 0 Å². The minimum absolute atomic E-state index is 0.000785. The molecule has 1 N–H and O–H groups in total. The van der Waals surface area contributed by atoms with Crippen LogP contribution < -0.4 is 15.0 Å². The Labute approximate surface area is 174 Å². The molecule has 0 saturated carbocycles. The molecule has 1 amide bonds. The van der Waals surface area contributed by atoms with Gasteiger partial charge in [0.15, 0.2) is 0 Å². The Balaban J connectivity index is 1.18. The highest BCUT2D eigenvalue weighted by Crippen LogP contribution is 2.32. The monoisotopic (exact) mass is 414 g/mol. The van der Waals surface area contributed by atoms with Crippen molar-refractivity contribution in [3.05, 3.63) is 36.0 Å². The fourth-order valence-corrected chi connectivity index (χ4v) is 5.22. The second kappa shape index (κ2) is 8.30. The second-order valence-corrected chi connectivity index (χ2v) is 8.88. The van der Waals surface area contributed by atoms with Gasteiger partial charge in [-0.3, -0.25) is 4.79 Å². The van der Waals surface area contributed by atoms with Crippen LogP contribution in [0.2, 0.25) is 0 Å². The maximum atomic E-state index is 12.6. The number of carbonyl (C=O) groups is 1. The number of anilines is 1. The lowest BCUT2D eigenvalue weighted by molar-refractivity contribution is 0.0620. The van der Waals surface area contributed by atoms with Crippen LogP contribution in [0.25, 0.3) is 0 Å². The lowest BCUT2D eigenvalue weighted by Crippen LogP contribution is -2.57. The van der Waals surface area contributed by atoms with E-state index in [0.717, 1.165) is 37.8 Å². The van der Waals surface area contributed by atoms with Gasteiger partial charge < -0.3 is 24.6 Å². The second-order valence-electron chi connectivity index (χ2n) is 7.91. The number of ether oxygens (including phenoxy) is 2. The number of morpholine rings is 1. The number of nitrogens with zero attached hydrogens (tertiary/aromatic N) is 3. The molecule has 1 aromatic carbocycles. The lowest BCUT2D eigenvalue weighted by atomic mass is 9.84. The van der Waals surface area contributed by atoms with Gasteiger partial charge in [0.25, 0.3) is 11.1 Å². The van der Waals surface area contributed by atoms with Gasteiger partial charge in [-0.2, -0.15) is 0 Å². The van der Waals surface area contributed by atoms with Crippen molar-refractivity contribution in [2.75, 3.05) is 50.8 Å². The Morgan fingerprint density at radius 3 is 2.59 bits per heavy atom. The van der Waals surface area contributed by atoms with Crippen LogP contribution >= 0.6 is 11.3 Å². The number of fused-ring (bicyclic) bond motifs is 3. The van der Waals surface area contributed by atoms with Gasteiger partial charge in [-0.05, 0) is 56.1 Å². The Kier molecular flexibility index (Phi) is 5.39. The van der Waals surface area contributed by atoms with Gasteiger partial charge in [-0.1, -0.05) is 11.3 Å². The van der Waals surface area contributed by atoms with Crippen molar-refractivity contribution in [1.82, 2.24) is 15.2 Å². The summed E-state index contributed by atoms with van der Waals surface area (Å²) in [6, 6.07) is 7.59. The zero-order valence-corrected chi connectivity index (χ0v) is 17.2. The molecule has 29 heavy (non-hydrogen) atoms. The normalized spacial score (nSPS) is 26.3. The number of carbonyl (C=O) groups excluding carboxylic acids is 1. The molecule has 0 radical (unpaired) electrons. The number of amides is 1. The van der Waals surface area contributed by atoms with Crippen molar-refractivity contribution in [2.24, 2.45) is 5.92 Å². The molecule has 2 bridgehead atoms. The Bertz CT molecular complexity index is 842. The molecule has 4 saturated heterocycles. The Morgan fingerprint density at radius 1 is 1.14 bits per heavy atom. The van der Waals surface area contributed by atoms with Gasteiger partial charge in [-0.25, -0.2) is 4.98 Å². The molecular formula is C21H26N4O3S.